The predicted molar refractivity (Wildman–Crippen MR) is 82.9 cm³/mol. The molecule has 2 rings (SSSR count). The molecule has 0 aliphatic rings. The first-order valence-corrected chi connectivity index (χ1v) is 8.16. The van der Waals surface area contributed by atoms with Gasteiger partial charge < -0.3 is 9.73 Å². The lowest BCUT2D eigenvalue weighted by molar-refractivity contribution is 0.494. The molecule has 0 radical (unpaired) electrons. The van der Waals surface area contributed by atoms with Crippen molar-refractivity contribution >= 4 is 15.7 Å². The van der Waals surface area contributed by atoms with Crippen LogP contribution in [0.15, 0.2) is 33.6 Å². The highest BCUT2D eigenvalue weighted by Crippen LogP contribution is 2.28. The van der Waals surface area contributed by atoms with Crippen molar-refractivity contribution < 1.29 is 12.8 Å². The molecule has 21 heavy (non-hydrogen) atoms. The van der Waals surface area contributed by atoms with Crippen LogP contribution in [0, 0.1) is 20.8 Å². The van der Waals surface area contributed by atoms with Crippen LogP contribution in [0.1, 0.15) is 22.6 Å². The summed E-state index contributed by atoms with van der Waals surface area (Å²) >= 11 is 0. The van der Waals surface area contributed by atoms with Crippen molar-refractivity contribution in [2.24, 2.45) is 0 Å². The molecule has 1 aromatic heterocycles. The third-order valence-corrected chi connectivity index (χ3v) is 4.79. The topological polar surface area (TPSA) is 71.3 Å². The van der Waals surface area contributed by atoms with Gasteiger partial charge in [-0.25, -0.2) is 8.42 Å². The van der Waals surface area contributed by atoms with Crippen molar-refractivity contribution in [3.63, 3.8) is 0 Å². The van der Waals surface area contributed by atoms with E-state index >= 15 is 0 Å². The fraction of sp³-hybridized carbons (Fsp3) is 0.333. The van der Waals surface area contributed by atoms with Crippen molar-refractivity contribution in [2.75, 3.05) is 11.8 Å². The van der Waals surface area contributed by atoms with E-state index in [1.165, 1.54) is 0 Å². The molecule has 2 N–H and O–H groups in total. The fourth-order valence-electron chi connectivity index (χ4n) is 2.36. The van der Waals surface area contributed by atoms with Crippen LogP contribution in [0.5, 0.6) is 0 Å². The van der Waals surface area contributed by atoms with E-state index in [1.807, 2.05) is 19.1 Å². The Labute approximate surface area is 125 Å². The summed E-state index contributed by atoms with van der Waals surface area (Å²) in [6, 6.07) is 7.24. The number of anilines is 1. The molecule has 0 spiro atoms. The Morgan fingerprint density at radius 1 is 1.14 bits per heavy atom. The summed E-state index contributed by atoms with van der Waals surface area (Å²) in [4.78, 5) is 0.218. The van der Waals surface area contributed by atoms with Crippen LogP contribution in [-0.4, -0.2) is 15.5 Å². The Bertz CT molecular complexity index is 748. The van der Waals surface area contributed by atoms with Crippen LogP contribution < -0.4 is 10.0 Å². The largest absolute Gasteiger partial charge is 0.465 e. The van der Waals surface area contributed by atoms with Crippen molar-refractivity contribution in [1.29, 1.82) is 0 Å². The molecule has 0 amide bonds. The molecule has 0 aliphatic heterocycles. The molecule has 0 unspecified atom stereocenters. The average molecular weight is 308 g/mol. The molecule has 0 saturated carbocycles. The number of hydrogen-bond acceptors (Lipinski definition) is 4. The number of benzene rings is 1. The van der Waals surface area contributed by atoms with E-state index in [1.54, 1.807) is 33.0 Å². The van der Waals surface area contributed by atoms with Gasteiger partial charge in [0.05, 0.1) is 0 Å². The zero-order valence-electron chi connectivity index (χ0n) is 12.6. The number of furan rings is 1. The van der Waals surface area contributed by atoms with Gasteiger partial charge in [0.1, 0.15) is 16.4 Å². The van der Waals surface area contributed by atoms with Gasteiger partial charge >= 0.3 is 0 Å². The van der Waals surface area contributed by atoms with Crippen LogP contribution in [0.4, 0.5) is 5.69 Å². The van der Waals surface area contributed by atoms with E-state index in [9.17, 15) is 8.42 Å². The molecular weight excluding hydrogens is 288 g/mol. The zero-order chi connectivity index (χ0) is 15.6. The Kier molecular flexibility index (Phi) is 4.39. The van der Waals surface area contributed by atoms with Crippen LogP contribution in [-0.2, 0) is 16.6 Å². The van der Waals surface area contributed by atoms with Crippen molar-refractivity contribution in [1.82, 2.24) is 5.32 Å². The molecule has 0 bridgehead atoms. The molecule has 0 fully saturated rings. The average Bonchev–Trinajstić information content (AvgIpc) is 2.64. The monoisotopic (exact) mass is 308 g/mol. The number of hydrogen-bond donors (Lipinski definition) is 2. The summed E-state index contributed by atoms with van der Waals surface area (Å²) in [5.41, 5.74) is 2.20. The SMILES string of the molecule is CNCc1c(C)oc(C)c1S(=O)(=O)Nc1cccc(C)c1. The minimum Gasteiger partial charge on any atom is -0.465 e. The first-order valence-electron chi connectivity index (χ1n) is 6.68. The highest BCUT2D eigenvalue weighted by molar-refractivity contribution is 7.92. The molecule has 2 aromatic rings. The normalized spacial score (nSPS) is 11.6. The van der Waals surface area contributed by atoms with Gasteiger partial charge in [0.15, 0.2) is 0 Å². The summed E-state index contributed by atoms with van der Waals surface area (Å²) in [5.74, 6) is 1.02. The van der Waals surface area contributed by atoms with Crippen LogP contribution >= 0.6 is 0 Å². The van der Waals surface area contributed by atoms with E-state index < -0.39 is 10.0 Å². The lowest BCUT2D eigenvalue weighted by atomic mass is 10.2. The Morgan fingerprint density at radius 3 is 2.48 bits per heavy atom. The van der Waals surface area contributed by atoms with Gasteiger partial charge in [0, 0.05) is 17.8 Å². The van der Waals surface area contributed by atoms with Crippen LogP contribution in [0.2, 0.25) is 0 Å². The molecule has 6 heteroatoms. The molecule has 1 aromatic carbocycles. The molecular formula is C15H20N2O3S. The molecule has 5 nitrogen and oxygen atoms in total. The number of rotatable bonds is 5. The highest BCUT2D eigenvalue weighted by atomic mass is 32.2. The second-order valence-corrected chi connectivity index (χ2v) is 6.65. The van der Waals surface area contributed by atoms with E-state index in [-0.39, 0.29) is 4.90 Å². The summed E-state index contributed by atoms with van der Waals surface area (Å²) in [6.07, 6.45) is 0. The summed E-state index contributed by atoms with van der Waals surface area (Å²) in [5, 5.41) is 2.97. The summed E-state index contributed by atoms with van der Waals surface area (Å²) < 4.78 is 33.4. The smallest absolute Gasteiger partial charge is 0.265 e. The van der Waals surface area contributed by atoms with Gasteiger partial charge in [-0.2, -0.15) is 0 Å². The minimum absolute atomic E-state index is 0.218. The first-order chi connectivity index (χ1) is 9.85. The summed E-state index contributed by atoms with van der Waals surface area (Å²) in [7, 11) is -1.91. The van der Waals surface area contributed by atoms with Gasteiger partial charge in [-0.05, 0) is 45.5 Å². The Balaban J connectivity index is 2.45. The van der Waals surface area contributed by atoms with Gasteiger partial charge in [0.2, 0.25) is 0 Å². The maximum atomic E-state index is 12.6. The molecule has 114 valence electrons. The third kappa shape index (κ3) is 3.28. The van der Waals surface area contributed by atoms with Crippen molar-refractivity contribution in [2.45, 2.75) is 32.2 Å². The second kappa shape index (κ2) is 5.91. The lowest BCUT2D eigenvalue weighted by Crippen LogP contribution is -2.17. The van der Waals surface area contributed by atoms with Crippen molar-refractivity contribution in [3.8, 4) is 0 Å². The van der Waals surface area contributed by atoms with E-state index in [0.29, 0.717) is 29.3 Å². The number of nitrogens with one attached hydrogen (secondary N) is 2. The molecule has 0 atom stereocenters. The quantitative estimate of drug-likeness (QED) is 0.891. The minimum atomic E-state index is -3.68. The van der Waals surface area contributed by atoms with Gasteiger partial charge in [-0.15, -0.1) is 0 Å². The van der Waals surface area contributed by atoms with Crippen LogP contribution in [0.25, 0.3) is 0 Å². The predicted octanol–water partition coefficient (Wildman–Crippen LogP) is 2.73. The fourth-order valence-corrected chi connectivity index (χ4v) is 3.86. The molecule has 1 heterocycles. The maximum absolute atomic E-state index is 12.6. The Morgan fingerprint density at radius 2 is 1.86 bits per heavy atom. The van der Waals surface area contributed by atoms with E-state index in [2.05, 4.69) is 10.0 Å². The molecule has 0 aliphatic carbocycles. The first kappa shape index (κ1) is 15.6. The summed E-state index contributed by atoms with van der Waals surface area (Å²) in [6.45, 7) is 5.78. The lowest BCUT2D eigenvalue weighted by Gasteiger charge is -2.10. The second-order valence-electron chi connectivity index (χ2n) is 5.03. The van der Waals surface area contributed by atoms with E-state index in [0.717, 1.165) is 5.56 Å². The van der Waals surface area contributed by atoms with Gasteiger partial charge in [0.25, 0.3) is 10.0 Å². The number of aryl methyl sites for hydroxylation is 3. The highest BCUT2D eigenvalue weighted by Gasteiger charge is 2.26. The van der Waals surface area contributed by atoms with E-state index in [4.69, 9.17) is 4.42 Å². The molecule has 0 saturated heterocycles. The van der Waals surface area contributed by atoms with Gasteiger partial charge in [-0.1, -0.05) is 12.1 Å². The van der Waals surface area contributed by atoms with Crippen molar-refractivity contribution in [3.05, 3.63) is 46.9 Å². The third-order valence-electron chi connectivity index (χ3n) is 3.22. The standard InChI is InChI=1S/C15H20N2O3S/c1-10-6-5-7-13(8-10)17-21(18,19)15-12(3)20-11(2)14(15)9-16-4/h5-8,16-17H,9H2,1-4H3. The maximum Gasteiger partial charge on any atom is 0.265 e. The number of sulfonamides is 1. The Hall–Kier alpha value is -1.79. The van der Waals surface area contributed by atoms with Gasteiger partial charge in [-0.3, -0.25) is 4.72 Å². The van der Waals surface area contributed by atoms with Crippen LogP contribution in [0.3, 0.4) is 0 Å². The zero-order valence-corrected chi connectivity index (χ0v) is 13.5.